The van der Waals surface area contributed by atoms with Gasteiger partial charge in [-0.15, -0.1) is 10.2 Å². The van der Waals surface area contributed by atoms with Crippen molar-refractivity contribution in [1.82, 2.24) is 30.4 Å². The van der Waals surface area contributed by atoms with Gasteiger partial charge in [-0.3, -0.25) is 14.6 Å². The Bertz CT molecular complexity index is 1030. The summed E-state index contributed by atoms with van der Waals surface area (Å²) in [6, 6.07) is 7.84. The maximum Gasteiger partial charge on any atom is 0.290 e. The van der Waals surface area contributed by atoms with Crippen LogP contribution in [0.3, 0.4) is 0 Å². The van der Waals surface area contributed by atoms with Gasteiger partial charge in [-0.2, -0.15) is 14.9 Å². The number of aromatic hydroxyl groups is 1. The Kier molecular flexibility index (Phi) is 4.56. The molecule has 3 aromatic rings. The zero-order valence-electron chi connectivity index (χ0n) is 14.0. The molecule has 132 valence electrons. The number of nitrogens with one attached hydrogen (secondary N) is 2. The minimum atomic E-state index is -0.538. The number of aryl methyl sites for hydroxylation is 2. The zero-order chi connectivity index (χ0) is 18.7. The fourth-order valence-electron chi connectivity index (χ4n) is 2.09. The van der Waals surface area contributed by atoms with Crippen LogP contribution < -0.4 is 11.0 Å². The Morgan fingerprint density at radius 3 is 2.69 bits per heavy atom. The van der Waals surface area contributed by atoms with Crippen LogP contribution in [0.2, 0.25) is 0 Å². The highest BCUT2D eigenvalue weighted by atomic mass is 16.3. The number of hydrogen-bond donors (Lipinski definition) is 3. The minimum Gasteiger partial charge on any atom is -0.508 e. The number of hydrazone groups is 1. The maximum atomic E-state index is 12.4. The second kappa shape index (κ2) is 6.97. The smallest absolute Gasteiger partial charge is 0.290 e. The highest BCUT2D eigenvalue weighted by Gasteiger charge is 2.17. The van der Waals surface area contributed by atoms with E-state index in [1.807, 2.05) is 0 Å². The van der Waals surface area contributed by atoms with Gasteiger partial charge in [0.15, 0.2) is 0 Å². The molecule has 0 aliphatic heterocycles. The number of nitrogens with zero attached hydrogens (tertiary/aromatic N) is 5. The molecule has 0 aliphatic carbocycles. The van der Waals surface area contributed by atoms with E-state index in [1.54, 1.807) is 19.1 Å². The summed E-state index contributed by atoms with van der Waals surface area (Å²) in [5.41, 5.74) is 3.56. The molecule has 2 heterocycles. The Labute approximate surface area is 147 Å². The van der Waals surface area contributed by atoms with Gasteiger partial charge in [0.25, 0.3) is 17.4 Å². The third-order valence-corrected chi connectivity index (χ3v) is 3.39. The summed E-state index contributed by atoms with van der Waals surface area (Å²) in [7, 11) is 0. The van der Waals surface area contributed by atoms with E-state index in [0.29, 0.717) is 11.3 Å². The Hall–Kier alpha value is -3.82. The molecule has 10 nitrogen and oxygen atoms in total. The molecule has 0 saturated heterocycles. The average Bonchev–Trinajstić information content (AvgIpc) is 3.01. The van der Waals surface area contributed by atoms with E-state index in [4.69, 9.17) is 0 Å². The minimum absolute atomic E-state index is 0.0290. The SMILES string of the molecule is Cc1cc(C(=O)N/N=C\c2ccc(O)cc2)n(-c2nnc(C)c(=O)[nH]2)n1. The van der Waals surface area contributed by atoms with Gasteiger partial charge in [0.2, 0.25) is 0 Å². The molecule has 3 rings (SSSR count). The molecular formula is C16H15N7O3. The predicted molar refractivity (Wildman–Crippen MR) is 92.4 cm³/mol. The monoisotopic (exact) mass is 353 g/mol. The number of phenolic OH excluding ortho intramolecular Hbond substituents is 1. The number of rotatable bonds is 4. The predicted octanol–water partition coefficient (Wildman–Crippen LogP) is 0.437. The van der Waals surface area contributed by atoms with Crippen LogP contribution in [0.1, 0.15) is 27.4 Å². The van der Waals surface area contributed by atoms with Crippen molar-refractivity contribution in [1.29, 1.82) is 0 Å². The van der Waals surface area contributed by atoms with Gasteiger partial charge in [0, 0.05) is 0 Å². The first kappa shape index (κ1) is 17.0. The van der Waals surface area contributed by atoms with Crippen LogP contribution in [0.15, 0.2) is 40.2 Å². The number of aromatic amines is 1. The summed E-state index contributed by atoms with van der Waals surface area (Å²) in [5, 5.41) is 24.8. The molecule has 0 unspecified atom stereocenters. The molecule has 0 fully saturated rings. The molecular weight excluding hydrogens is 338 g/mol. The van der Waals surface area contributed by atoms with Crippen molar-refractivity contribution in [3.63, 3.8) is 0 Å². The van der Waals surface area contributed by atoms with Gasteiger partial charge in [-0.1, -0.05) is 0 Å². The van der Waals surface area contributed by atoms with Crippen LogP contribution in [0.4, 0.5) is 0 Å². The lowest BCUT2D eigenvalue weighted by molar-refractivity contribution is 0.0947. The molecule has 1 aromatic carbocycles. The van der Waals surface area contributed by atoms with Crippen LogP contribution in [0.25, 0.3) is 5.95 Å². The lowest BCUT2D eigenvalue weighted by atomic mass is 10.2. The number of benzene rings is 1. The van der Waals surface area contributed by atoms with Crippen molar-refractivity contribution in [3.05, 3.63) is 63.3 Å². The Morgan fingerprint density at radius 2 is 2.00 bits per heavy atom. The van der Waals surface area contributed by atoms with Gasteiger partial charge >= 0.3 is 0 Å². The van der Waals surface area contributed by atoms with E-state index in [2.05, 4.69) is 30.8 Å². The summed E-state index contributed by atoms with van der Waals surface area (Å²) in [4.78, 5) is 26.6. The van der Waals surface area contributed by atoms with Crippen LogP contribution in [-0.4, -0.2) is 42.2 Å². The van der Waals surface area contributed by atoms with E-state index >= 15 is 0 Å². The molecule has 0 saturated carbocycles. The standard InChI is InChI=1S/C16H15N7O3/c1-9-7-13(23(22-9)16-18-14(25)10(2)19-21-16)15(26)20-17-8-11-3-5-12(24)6-4-11/h3-8,24H,1-2H3,(H,20,26)(H,18,21,25)/b17-8-. The molecule has 0 radical (unpaired) electrons. The van der Waals surface area contributed by atoms with Gasteiger partial charge in [-0.05, 0) is 49.7 Å². The van der Waals surface area contributed by atoms with Crippen LogP contribution in [0, 0.1) is 13.8 Å². The summed E-state index contributed by atoms with van der Waals surface area (Å²) in [6.45, 7) is 3.22. The lowest BCUT2D eigenvalue weighted by Gasteiger charge is -2.04. The van der Waals surface area contributed by atoms with Crippen molar-refractivity contribution in [3.8, 4) is 11.7 Å². The Morgan fingerprint density at radius 1 is 1.27 bits per heavy atom. The average molecular weight is 353 g/mol. The third kappa shape index (κ3) is 3.64. The highest BCUT2D eigenvalue weighted by molar-refractivity contribution is 5.93. The summed E-state index contributed by atoms with van der Waals surface area (Å²) in [6.07, 6.45) is 1.43. The molecule has 0 atom stereocenters. The third-order valence-electron chi connectivity index (χ3n) is 3.39. The molecule has 0 aliphatic rings. The first-order chi connectivity index (χ1) is 12.4. The lowest BCUT2D eigenvalue weighted by Crippen LogP contribution is -2.24. The van der Waals surface area contributed by atoms with E-state index in [1.165, 1.54) is 36.0 Å². The summed E-state index contributed by atoms with van der Waals surface area (Å²) >= 11 is 0. The number of H-pyrrole nitrogens is 1. The van der Waals surface area contributed by atoms with Crippen molar-refractivity contribution >= 4 is 12.1 Å². The van der Waals surface area contributed by atoms with Gasteiger partial charge in [0.05, 0.1) is 11.9 Å². The van der Waals surface area contributed by atoms with E-state index < -0.39 is 11.5 Å². The number of amides is 1. The number of hydrogen-bond acceptors (Lipinski definition) is 7. The first-order valence-corrected chi connectivity index (χ1v) is 7.57. The molecule has 26 heavy (non-hydrogen) atoms. The van der Waals surface area contributed by atoms with Crippen LogP contribution >= 0.6 is 0 Å². The van der Waals surface area contributed by atoms with Crippen molar-refractivity contribution in [2.24, 2.45) is 5.10 Å². The molecule has 1 amide bonds. The fraction of sp³-hybridized carbons (Fsp3) is 0.125. The van der Waals surface area contributed by atoms with Crippen molar-refractivity contribution < 1.29 is 9.90 Å². The molecule has 0 bridgehead atoms. The van der Waals surface area contributed by atoms with Crippen molar-refractivity contribution in [2.75, 3.05) is 0 Å². The number of carbonyl (C=O) groups excluding carboxylic acids is 1. The number of phenols is 1. The maximum absolute atomic E-state index is 12.4. The van der Waals surface area contributed by atoms with Gasteiger partial charge in [0.1, 0.15) is 17.1 Å². The molecule has 0 spiro atoms. The van der Waals surface area contributed by atoms with Crippen molar-refractivity contribution in [2.45, 2.75) is 13.8 Å². The van der Waals surface area contributed by atoms with E-state index in [-0.39, 0.29) is 23.1 Å². The summed E-state index contributed by atoms with van der Waals surface area (Å²) < 4.78 is 1.19. The first-order valence-electron chi connectivity index (χ1n) is 7.57. The largest absolute Gasteiger partial charge is 0.508 e. The molecule has 3 N–H and O–H groups in total. The second-order valence-corrected chi connectivity index (χ2v) is 5.44. The van der Waals surface area contributed by atoms with Crippen LogP contribution in [-0.2, 0) is 0 Å². The van der Waals surface area contributed by atoms with Gasteiger partial charge in [-0.25, -0.2) is 5.43 Å². The van der Waals surface area contributed by atoms with Gasteiger partial charge < -0.3 is 5.11 Å². The quantitative estimate of drug-likeness (QED) is 0.459. The van der Waals surface area contributed by atoms with E-state index in [9.17, 15) is 14.7 Å². The normalized spacial score (nSPS) is 11.0. The highest BCUT2D eigenvalue weighted by Crippen LogP contribution is 2.09. The fourth-order valence-corrected chi connectivity index (χ4v) is 2.09. The number of aromatic nitrogens is 5. The van der Waals surface area contributed by atoms with E-state index in [0.717, 1.165) is 0 Å². The summed E-state index contributed by atoms with van der Waals surface area (Å²) in [5.74, 6) is -0.371. The Balaban J connectivity index is 1.82. The van der Waals surface area contributed by atoms with Crippen LogP contribution in [0.5, 0.6) is 5.75 Å². The number of carbonyl (C=O) groups is 1. The molecule has 10 heteroatoms. The zero-order valence-corrected chi connectivity index (χ0v) is 14.0. The topological polar surface area (TPSA) is 138 Å². The second-order valence-electron chi connectivity index (χ2n) is 5.44. The molecule has 2 aromatic heterocycles.